The van der Waals surface area contributed by atoms with Gasteiger partial charge in [0.05, 0.1) is 24.5 Å². The molecule has 0 bridgehead atoms. The lowest BCUT2D eigenvalue weighted by molar-refractivity contribution is -0.122. The average Bonchev–Trinajstić information content (AvgIpc) is 2.92. The van der Waals surface area contributed by atoms with Crippen LogP contribution in [0.25, 0.3) is 6.08 Å². The van der Waals surface area contributed by atoms with Gasteiger partial charge in [-0.3, -0.25) is 14.9 Å². The number of anilines is 1. The number of benzene rings is 3. The lowest BCUT2D eigenvalue weighted by Gasteiger charge is -2.28. The first-order valence-corrected chi connectivity index (χ1v) is 12.2. The Morgan fingerprint density at radius 2 is 1.62 bits per heavy atom. The van der Waals surface area contributed by atoms with E-state index in [1.807, 2.05) is 6.92 Å². The molecule has 4 amide bonds. The number of carboxylic acids is 1. The smallest absolute Gasteiger partial charge is 0.336 e. The van der Waals surface area contributed by atoms with E-state index in [-0.39, 0.29) is 35.8 Å². The van der Waals surface area contributed by atoms with E-state index in [9.17, 15) is 19.2 Å². The number of rotatable bonds is 10. The van der Waals surface area contributed by atoms with Crippen molar-refractivity contribution in [3.8, 4) is 17.2 Å². The zero-order valence-electron chi connectivity index (χ0n) is 21.3. The summed E-state index contributed by atoms with van der Waals surface area (Å²) in [7, 11) is 0. The zero-order chi connectivity index (χ0) is 27.9. The highest BCUT2D eigenvalue weighted by Gasteiger charge is 2.38. The molecule has 0 atom stereocenters. The van der Waals surface area contributed by atoms with E-state index in [1.54, 1.807) is 55.5 Å². The molecule has 10 nitrogen and oxygen atoms in total. The zero-order valence-corrected chi connectivity index (χ0v) is 21.3. The lowest BCUT2D eigenvalue weighted by atomic mass is 10.1. The molecule has 1 aliphatic rings. The summed E-state index contributed by atoms with van der Waals surface area (Å²) in [4.78, 5) is 50.9. The number of hydrogen-bond acceptors (Lipinski definition) is 7. The van der Waals surface area contributed by atoms with Crippen molar-refractivity contribution in [3.63, 3.8) is 0 Å². The highest BCUT2D eigenvalue weighted by atomic mass is 16.5. The summed E-state index contributed by atoms with van der Waals surface area (Å²) in [6.45, 7) is 4.41. The lowest BCUT2D eigenvalue weighted by Crippen LogP contribution is -2.54. The molecule has 3 aromatic carbocycles. The van der Waals surface area contributed by atoms with Crippen LogP contribution in [0.3, 0.4) is 0 Å². The van der Waals surface area contributed by atoms with Crippen LogP contribution in [0.5, 0.6) is 17.2 Å². The minimum Gasteiger partial charge on any atom is -0.494 e. The minimum atomic E-state index is -1.03. The van der Waals surface area contributed by atoms with Crippen LogP contribution in [0.1, 0.15) is 35.3 Å². The Hall–Kier alpha value is -5.12. The van der Waals surface area contributed by atoms with Gasteiger partial charge in [-0.05, 0) is 55.8 Å². The van der Waals surface area contributed by atoms with Gasteiger partial charge >= 0.3 is 12.0 Å². The molecule has 200 valence electrons. The van der Waals surface area contributed by atoms with E-state index in [0.717, 1.165) is 10.5 Å². The van der Waals surface area contributed by atoms with Gasteiger partial charge in [0.15, 0.2) is 0 Å². The summed E-state index contributed by atoms with van der Waals surface area (Å²) in [5, 5.41) is 11.3. The molecular weight excluding hydrogens is 504 g/mol. The van der Waals surface area contributed by atoms with Crippen molar-refractivity contribution < 1.29 is 38.5 Å². The minimum absolute atomic E-state index is 0.120. The number of barbiturate groups is 1. The maximum Gasteiger partial charge on any atom is 0.336 e. The predicted molar refractivity (Wildman–Crippen MR) is 142 cm³/mol. The number of hydrogen-bond donors (Lipinski definition) is 2. The van der Waals surface area contributed by atoms with Gasteiger partial charge in [0.2, 0.25) is 0 Å². The Morgan fingerprint density at radius 3 is 2.31 bits per heavy atom. The second-order valence-corrected chi connectivity index (χ2v) is 8.28. The Morgan fingerprint density at radius 1 is 0.897 bits per heavy atom. The van der Waals surface area contributed by atoms with Crippen molar-refractivity contribution in [1.29, 1.82) is 0 Å². The predicted octanol–water partition coefficient (Wildman–Crippen LogP) is 4.43. The maximum absolute atomic E-state index is 13.5. The van der Waals surface area contributed by atoms with Crippen LogP contribution >= 0.6 is 0 Å². The Bertz CT molecular complexity index is 1450. The highest BCUT2D eigenvalue weighted by Crippen LogP contribution is 2.35. The molecule has 0 spiro atoms. The van der Waals surface area contributed by atoms with Crippen LogP contribution in [-0.2, 0) is 16.2 Å². The normalized spacial score (nSPS) is 14.3. The number of para-hydroxylation sites is 1. The number of carbonyl (C=O) groups excluding carboxylic acids is 3. The van der Waals surface area contributed by atoms with Crippen LogP contribution in [-0.4, -0.2) is 42.1 Å². The van der Waals surface area contributed by atoms with E-state index < -0.39 is 23.8 Å². The SMILES string of the molecule is CCOc1ccc(N2C(=O)NC(=O)/C(=C\c3ccccc3OCc3ccc(C(=O)O)cc3)C2=O)c(OCC)c1. The summed E-state index contributed by atoms with van der Waals surface area (Å²) in [5.41, 5.74) is 1.21. The third-order valence-electron chi connectivity index (χ3n) is 5.70. The number of aromatic carboxylic acids is 1. The maximum atomic E-state index is 13.5. The van der Waals surface area contributed by atoms with Crippen LogP contribution < -0.4 is 24.4 Å². The first-order valence-electron chi connectivity index (χ1n) is 12.2. The molecule has 10 heteroatoms. The van der Waals surface area contributed by atoms with Gasteiger partial charge < -0.3 is 19.3 Å². The van der Waals surface area contributed by atoms with Crippen LogP contribution in [0.4, 0.5) is 10.5 Å². The van der Waals surface area contributed by atoms with Gasteiger partial charge in [0.25, 0.3) is 11.8 Å². The second-order valence-electron chi connectivity index (χ2n) is 8.28. The van der Waals surface area contributed by atoms with Crippen molar-refractivity contribution in [1.82, 2.24) is 5.32 Å². The van der Waals surface area contributed by atoms with E-state index in [1.165, 1.54) is 24.3 Å². The molecule has 0 saturated carbocycles. The van der Waals surface area contributed by atoms with E-state index >= 15 is 0 Å². The fraction of sp³-hybridized carbons (Fsp3) is 0.172. The number of carboxylic acid groups (broad SMARTS) is 1. The third-order valence-corrected chi connectivity index (χ3v) is 5.70. The topological polar surface area (TPSA) is 131 Å². The van der Waals surface area contributed by atoms with Gasteiger partial charge in [0.1, 0.15) is 29.4 Å². The highest BCUT2D eigenvalue weighted by molar-refractivity contribution is 6.39. The van der Waals surface area contributed by atoms with Crippen molar-refractivity contribution in [2.45, 2.75) is 20.5 Å². The number of nitrogens with one attached hydrogen (secondary N) is 1. The van der Waals surface area contributed by atoms with Gasteiger partial charge in [0, 0.05) is 11.6 Å². The van der Waals surface area contributed by atoms with Crippen molar-refractivity contribution in [2.75, 3.05) is 18.1 Å². The molecule has 3 aromatic rings. The summed E-state index contributed by atoms with van der Waals surface area (Å²) in [6.07, 6.45) is 1.36. The summed E-state index contributed by atoms with van der Waals surface area (Å²) in [5.74, 6) is -1.56. The largest absolute Gasteiger partial charge is 0.494 e. The molecule has 4 rings (SSSR count). The summed E-state index contributed by atoms with van der Waals surface area (Å²) in [6, 6.07) is 16.8. The monoisotopic (exact) mass is 530 g/mol. The van der Waals surface area contributed by atoms with Crippen molar-refractivity contribution in [2.24, 2.45) is 0 Å². The molecule has 2 N–H and O–H groups in total. The summed E-state index contributed by atoms with van der Waals surface area (Å²) < 4.78 is 17.1. The van der Waals surface area contributed by atoms with Gasteiger partial charge in [-0.15, -0.1) is 0 Å². The fourth-order valence-corrected chi connectivity index (χ4v) is 3.87. The van der Waals surface area contributed by atoms with Gasteiger partial charge in [-0.1, -0.05) is 30.3 Å². The molecule has 1 saturated heterocycles. The fourth-order valence-electron chi connectivity index (χ4n) is 3.87. The molecule has 0 unspecified atom stereocenters. The first-order chi connectivity index (χ1) is 18.8. The molecule has 0 aliphatic carbocycles. The number of ether oxygens (including phenoxy) is 3. The van der Waals surface area contributed by atoms with Gasteiger partial charge in [-0.25, -0.2) is 14.5 Å². The quantitative estimate of drug-likeness (QED) is 0.291. The first kappa shape index (κ1) is 26.9. The molecule has 1 heterocycles. The number of amides is 4. The Labute approximate surface area is 224 Å². The summed E-state index contributed by atoms with van der Waals surface area (Å²) >= 11 is 0. The number of imide groups is 2. The Balaban J connectivity index is 1.63. The molecule has 39 heavy (non-hydrogen) atoms. The molecule has 1 aliphatic heterocycles. The van der Waals surface area contributed by atoms with E-state index in [2.05, 4.69) is 5.32 Å². The van der Waals surface area contributed by atoms with Crippen LogP contribution in [0, 0.1) is 0 Å². The van der Waals surface area contributed by atoms with Gasteiger partial charge in [-0.2, -0.15) is 0 Å². The van der Waals surface area contributed by atoms with E-state index in [4.69, 9.17) is 19.3 Å². The second kappa shape index (κ2) is 12.0. The van der Waals surface area contributed by atoms with E-state index in [0.29, 0.717) is 23.7 Å². The number of carbonyl (C=O) groups is 4. The van der Waals surface area contributed by atoms with Crippen molar-refractivity contribution >= 4 is 35.6 Å². The molecule has 0 radical (unpaired) electrons. The number of nitrogens with zero attached hydrogens (tertiary/aromatic N) is 1. The third kappa shape index (κ3) is 6.07. The van der Waals surface area contributed by atoms with Crippen LogP contribution in [0.2, 0.25) is 0 Å². The molecule has 0 aromatic heterocycles. The Kier molecular flexibility index (Phi) is 8.25. The molecule has 1 fully saturated rings. The molecular formula is C29H26N2O8. The van der Waals surface area contributed by atoms with Crippen LogP contribution in [0.15, 0.2) is 72.3 Å². The standard InChI is InChI=1S/C29H26N2O8/c1-3-37-21-13-14-23(25(16-21)38-4-2)31-27(33)22(26(32)30-29(31)36)15-20-7-5-6-8-24(20)39-17-18-9-11-19(12-10-18)28(34)35/h5-16H,3-4,17H2,1-2H3,(H,34,35)(H,30,32,36)/b22-15+. The average molecular weight is 531 g/mol. The van der Waals surface area contributed by atoms with Crippen molar-refractivity contribution in [3.05, 3.63) is 89.0 Å². The number of urea groups is 1.